The molecular formula is C6H11Si. The number of rotatable bonds is 1. The van der Waals surface area contributed by atoms with Crippen LogP contribution in [0.2, 0.25) is 5.54 Å². The summed E-state index contributed by atoms with van der Waals surface area (Å²) in [6.07, 6.45) is 2.11. The highest BCUT2D eigenvalue weighted by atomic mass is 28.1. The van der Waals surface area contributed by atoms with Gasteiger partial charge in [-0.05, 0) is 19.4 Å². The summed E-state index contributed by atoms with van der Waals surface area (Å²) in [6, 6.07) is 0. The van der Waals surface area contributed by atoms with Gasteiger partial charge in [0.05, 0.1) is 0 Å². The second-order valence-electron chi connectivity index (χ2n) is 1.75. The van der Waals surface area contributed by atoms with Gasteiger partial charge in [-0.2, -0.15) is 0 Å². The molecule has 0 aromatic carbocycles. The molecule has 0 fully saturated rings. The second-order valence-corrected chi connectivity index (χ2v) is 2.62. The van der Waals surface area contributed by atoms with E-state index in [1.807, 2.05) is 6.92 Å². The van der Waals surface area contributed by atoms with Crippen LogP contribution in [0.25, 0.3) is 0 Å². The van der Waals surface area contributed by atoms with E-state index in [0.29, 0.717) is 5.54 Å². The lowest BCUT2D eigenvalue weighted by Crippen LogP contribution is -1.84. The molecule has 1 atom stereocenters. The van der Waals surface area contributed by atoms with E-state index in [-0.39, 0.29) is 0 Å². The van der Waals surface area contributed by atoms with Crippen molar-refractivity contribution in [3.63, 3.8) is 0 Å². The highest BCUT2D eigenvalue weighted by molar-refractivity contribution is 6.13. The molecular weight excluding hydrogens is 100 g/mol. The van der Waals surface area contributed by atoms with Crippen molar-refractivity contribution >= 4 is 10.2 Å². The molecule has 0 aliphatic carbocycles. The predicted molar refractivity (Wildman–Crippen MR) is 34.6 cm³/mol. The van der Waals surface area contributed by atoms with Crippen LogP contribution in [-0.2, 0) is 0 Å². The monoisotopic (exact) mass is 111 g/mol. The molecule has 3 radical (unpaired) electrons. The van der Waals surface area contributed by atoms with Gasteiger partial charge in [-0.3, -0.25) is 0 Å². The third-order valence-electron chi connectivity index (χ3n) is 1.14. The maximum Gasteiger partial charge on any atom is 0.0322 e. The fourth-order valence-corrected chi connectivity index (χ4v) is 0.417. The Kier molecular flexibility index (Phi) is 3.01. The summed E-state index contributed by atoms with van der Waals surface area (Å²) in [7, 11) is 3.48. The normalized spacial score (nSPS) is 16.9. The molecule has 0 saturated heterocycles. The van der Waals surface area contributed by atoms with Crippen molar-refractivity contribution in [2.45, 2.75) is 26.3 Å². The van der Waals surface area contributed by atoms with Crippen LogP contribution in [0.15, 0.2) is 11.6 Å². The predicted octanol–water partition coefficient (Wildman–Crippen LogP) is 1.93. The van der Waals surface area contributed by atoms with Crippen LogP contribution in [0.3, 0.4) is 0 Å². The van der Waals surface area contributed by atoms with E-state index in [1.165, 1.54) is 5.57 Å². The Morgan fingerprint density at radius 3 is 2.14 bits per heavy atom. The number of allylic oxidation sites excluding steroid dienone is 2. The van der Waals surface area contributed by atoms with Crippen LogP contribution < -0.4 is 0 Å². The molecule has 0 heterocycles. The van der Waals surface area contributed by atoms with Gasteiger partial charge in [-0.15, -0.1) is 0 Å². The Balaban J connectivity index is 3.56. The summed E-state index contributed by atoms with van der Waals surface area (Å²) in [4.78, 5) is 0. The van der Waals surface area contributed by atoms with Crippen LogP contribution in [0.4, 0.5) is 0 Å². The molecule has 0 rings (SSSR count). The molecule has 0 amide bonds. The van der Waals surface area contributed by atoms with Crippen molar-refractivity contribution in [2.24, 2.45) is 0 Å². The molecule has 0 aliphatic heterocycles. The maximum absolute atomic E-state index is 3.48. The van der Waals surface area contributed by atoms with Gasteiger partial charge in [0.1, 0.15) is 0 Å². The molecule has 0 saturated carbocycles. The van der Waals surface area contributed by atoms with Gasteiger partial charge < -0.3 is 0 Å². The van der Waals surface area contributed by atoms with Crippen LogP contribution in [-0.4, -0.2) is 10.2 Å². The summed E-state index contributed by atoms with van der Waals surface area (Å²) in [5.41, 5.74) is 1.92. The summed E-state index contributed by atoms with van der Waals surface area (Å²) in [5, 5.41) is 0. The standard InChI is InChI=1S/C6H11Si/c1-4-5(2)6(3)7/h4,6H,1-3H3/b5-4+. The summed E-state index contributed by atoms with van der Waals surface area (Å²) >= 11 is 0. The first-order valence-corrected chi connectivity index (χ1v) is 3.10. The van der Waals surface area contributed by atoms with E-state index in [4.69, 9.17) is 0 Å². The van der Waals surface area contributed by atoms with Crippen molar-refractivity contribution < 1.29 is 0 Å². The first kappa shape index (κ1) is 6.96. The molecule has 1 unspecified atom stereocenters. The van der Waals surface area contributed by atoms with Gasteiger partial charge in [-0.25, -0.2) is 0 Å². The average Bonchev–Trinajstić information content (AvgIpc) is 1.65. The Morgan fingerprint density at radius 2 is 2.14 bits per heavy atom. The van der Waals surface area contributed by atoms with Gasteiger partial charge >= 0.3 is 0 Å². The van der Waals surface area contributed by atoms with Gasteiger partial charge in [-0.1, -0.05) is 18.6 Å². The molecule has 1 heteroatoms. The third kappa shape index (κ3) is 2.63. The fourth-order valence-electron chi connectivity index (χ4n) is 0.250. The Bertz CT molecular complexity index is 72.2. The van der Waals surface area contributed by atoms with E-state index >= 15 is 0 Å². The first-order chi connectivity index (χ1) is 3.18. The Hall–Kier alpha value is -0.0431. The highest BCUT2D eigenvalue weighted by Crippen LogP contribution is 2.09. The molecule has 0 bridgehead atoms. The van der Waals surface area contributed by atoms with E-state index in [9.17, 15) is 0 Å². The van der Waals surface area contributed by atoms with E-state index in [1.54, 1.807) is 0 Å². The SMILES string of the molecule is C/C=C(\C)C(C)[Si]. The van der Waals surface area contributed by atoms with Crippen molar-refractivity contribution in [3.05, 3.63) is 11.6 Å². The Labute approximate surface area is 49.0 Å². The highest BCUT2D eigenvalue weighted by Gasteiger charge is 1.90. The largest absolute Gasteiger partial charge is 0.0888 e. The van der Waals surface area contributed by atoms with E-state index in [2.05, 4.69) is 30.2 Å². The van der Waals surface area contributed by atoms with Crippen LogP contribution in [0.5, 0.6) is 0 Å². The van der Waals surface area contributed by atoms with Crippen LogP contribution in [0, 0.1) is 0 Å². The summed E-state index contributed by atoms with van der Waals surface area (Å²) < 4.78 is 0. The lowest BCUT2D eigenvalue weighted by Gasteiger charge is -2.00. The zero-order chi connectivity index (χ0) is 5.86. The molecule has 0 N–H and O–H groups in total. The van der Waals surface area contributed by atoms with Gasteiger partial charge in [0.25, 0.3) is 0 Å². The van der Waals surface area contributed by atoms with Crippen molar-refractivity contribution in [2.75, 3.05) is 0 Å². The van der Waals surface area contributed by atoms with Crippen LogP contribution in [0.1, 0.15) is 20.8 Å². The van der Waals surface area contributed by atoms with Gasteiger partial charge in [0.15, 0.2) is 0 Å². The minimum absolute atomic E-state index is 0.532. The lowest BCUT2D eigenvalue weighted by molar-refractivity contribution is 1.08. The molecule has 0 aliphatic rings. The fraction of sp³-hybridized carbons (Fsp3) is 0.667. The summed E-state index contributed by atoms with van der Waals surface area (Å²) in [5.74, 6) is 0. The molecule has 0 nitrogen and oxygen atoms in total. The quantitative estimate of drug-likeness (QED) is 0.358. The summed E-state index contributed by atoms with van der Waals surface area (Å²) in [6.45, 7) is 6.27. The van der Waals surface area contributed by atoms with Crippen molar-refractivity contribution in [3.8, 4) is 0 Å². The zero-order valence-corrected chi connectivity index (χ0v) is 6.15. The molecule has 0 spiro atoms. The zero-order valence-electron chi connectivity index (χ0n) is 5.15. The van der Waals surface area contributed by atoms with Gasteiger partial charge in [0.2, 0.25) is 0 Å². The molecule has 0 aromatic heterocycles. The minimum atomic E-state index is 0.532. The van der Waals surface area contributed by atoms with Crippen molar-refractivity contribution in [1.82, 2.24) is 0 Å². The molecule has 0 aromatic rings. The Morgan fingerprint density at radius 1 is 1.71 bits per heavy atom. The topological polar surface area (TPSA) is 0 Å². The van der Waals surface area contributed by atoms with Crippen LogP contribution >= 0.6 is 0 Å². The van der Waals surface area contributed by atoms with Gasteiger partial charge in [0, 0.05) is 10.2 Å². The average molecular weight is 111 g/mol. The van der Waals surface area contributed by atoms with Crippen molar-refractivity contribution in [1.29, 1.82) is 0 Å². The number of hydrogen-bond donors (Lipinski definition) is 0. The first-order valence-electron chi connectivity index (χ1n) is 2.52. The lowest BCUT2D eigenvalue weighted by atomic mass is 10.2. The molecule has 7 heavy (non-hydrogen) atoms. The van der Waals surface area contributed by atoms with E-state index < -0.39 is 0 Å². The number of hydrogen-bond acceptors (Lipinski definition) is 0. The molecule has 39 valence electrons. The third-order valence-corrected chi connectivity index (χ3v) is 1.59. The smallest absolute Gasteiger partial charge is 0.0322 e. The maximum atomic E-state index is 3.48. The minimum Gasteiger partial charge on any atom is -0.0888 e. The van der Waals surface area contributed by atoms with E-state index in [0.717, 1.165) is 0 Å². The second kappa shape index (κ2) is 3.02.